The molecule has 0 heterocycles. The van der Waals surface area contributed by atoms with Gasteiger partial charge in [-0.2, -0.15) is 5.26 Å². The van der Waals surface area contributed by atoms with Gasteiger partial charge >= 0.3 is 0 Å². The lowest BCUT2D eigenvalue weighted by Crippen LogP contribution is -2.47. The summed E-state index contributed by atoms with van der Waals surface area (Å²) in [4.78, 5) is 12.9. The third-order valence-electron chi connectivity index (χ3n) is 3.29. The number of hydrogen-bond acceptors (Lipinski definition) is 4. The Kier molecular flexibility index (Phi) is 4.46. The standard InChI is InChI=1S/C14H16N2O2S/c15-8-9-19-12-5-2-1-4-11(12)13(17)16-10-14(18)6-3-7-14/h1-2,4-5,18H,3,6-7,9-10H2,(H,16,17). The molecule has 100 valence electrons. The number of rotatable bonds is 5. The molecule has 1 aliphatic rings. The van der Waals surface area contributed by atoms with Crippen LogP contribution in [0.4, 0.5) is 0 Å². The highest BCUT2D eigenvalue weighted by Gasteiger charge is 2.34. The van der Waals surface area contributed by atoms with Gasteiger partial charge in [0.1, 0.15) is 0 Å². The highest BCUT2D eigenvalue weighted by molar-refractivity contribution is 7.99. The molecule has 0 spiro atoms. The van der Waals surface area contributed by atoms with E-state index in [1.807, 2.05) is 18.2 Å². The van der Waals surface area contributed by atoms with Crippen molar-refractivity contribution in [3.8, 4) is 6.07 Å². The van der Waals surface area contributed by atoms with E-state index in [9.17, 15) is 9.90 Å². The van der Waals surface area contributed by atoms with Crippen LogP contribution in [0, 0.1) is 11.3 Å². The van der Waals surface area contributed by atoms with Gasteiger partial charge in [0.05, 0.1) is 23.0 Å². The maximum Gasteiger partial charge on any atom is 0.252 e. The Bertz CT molecular complexity index is 506. The number of thioether (sulfide) groups is 1. The molecule has 1 aromatic carbocycles. The molecule has 2 rings (SSSR count). The Hall–Kier alpha value is -1.51. The van der Waals surface area contributed by atoms with Crippen molar-refractivity contribution in [3.05, 3.63) is 29.8 Å². The summed E-state index contributed by atoms with van der Waals surface area (Å²) in [6.45, 7) is 0.295. The summed E-state index contributed by atoms with van der Waals surface area (Å²) >= 11 is 1.34. The first kappa shape index (κ1) is 13.9. The van der Waals surface area contributed by atoms with Crippen LogP contribution in [0.5, 0.6) is 0 Å². The van der Waals surface area contributed by atoms with E-state index in [0.29, 0.717) is 17.9 Å². The molecule has 1 aliphatic carbocycles. The van der Waals surface area contributed by atoms with E-state index in [0.717, 1.165) is 24.2 Å². The van der Waals surface area contributed by atoms with Gasteiger partial charge in [-0.15, -0.1) is 11.8 Å². The van der Waals surface area contributed by atoms with Gasteiger partial charge < -0.3 is 10.4 Å². The summed E-state index contributed by atoms with van der Waals surface area (Å²) in [6, 6.07) is 9.25. The number of amides is 1. The average molecular weight is 276 g/mol. The molecule has 4 nitrogen and oxygen atoms in total. The van der Waals surface area contributed by atoms with Crippen molar-refractivity contribution in [2.75, 3.05) is 12.3 Å². The van der Waals surface area contributed by atoms with E-state index in [1.54, 1.807) is 12.1 Å². The van der Waals surface area contributed by atoms with E-state index in [2.05, 4.69) is 5.32 Å². The van der Waals surface area contributed by atoms with Gasteiger partial charge in [0, 0.05) is 11.4 Å². The maximum absolute atomic E-state index is 12.1. The van der Waals surface area contributed by atoms with E-state index in [-0.39, 0.29) is 5.91 Å². The predicted molar refractivity (Wildman–Crippen MR) is 73.9 cm³/mol. The van der Waals surface area contributed by atoms with Crippen LogP contribution in [0.3, 0.4) is 0 Å². The van der Waals surface area contributed by atoms with Crippen LogP contribution >= 0.6 is 11.8 Å². The molecular weight excluding hydrogens is 260 g/mol. The number of benzene rings is 1. The molecule has 0 saturated heterocycles. The molecule has 1 fully saturated rings. The van der Waals surface area contributed by atoms with Crippen LogP contribution in [0.15, 0.2) is 29.2 Å². The lowest BCUT2D eigenvalue weighted by atomic mass is 9.80. The third kappa shape index (κ3) is 3.49. The number of nitrogens with zero attached hydrogens (tertiary/aromatic N) is 1. The van der Waals surface area contributed by atoms with Crippen LogP contribution in [0.1, 0.15) is 29.6 Å². The first-order valence-electron chi connectivity index (χ1n) is 6.24. The normalized spacial score (nSPS) is 16.2. The van der Waals surface area contributed by atoms with E-state index in [1.165, 1.54) is 11.8 Å². The van der Waals surface area contributed by atoms with Gasteiger partial charge in [0.2, 0.25) is 0 Å². The minimum Gasteiger partial charge on any atom is -0.388 e. The van der Waals surface area contributed by atoms with Gasteiger partial charge in [-0.1, -0.05) is 12.1 Å². The lowest BCUT2D eigenvalue weighted by molar-refractivity contribution is -0.0300. The van der Waals surface area contributed by atoms with Crippen molar-refractivity contribution >= 4 is 17.7 Å². The molecule has 0 bridgehead atoms. The zero-order valence-corrected chi connectivity index (χ0v) is 11.4. The molecule has 2 N–H and O–H groups in total. The average Bonchev–Trinajstić information content (AvgIpc) is 2.40. The van der Waals surface area contributed by atoms with Crippen molar-refractivity contribution in [1.82, 2.24) is 5.32 Å². The van der Waals surface area contributed by atoms with Crippen LogP contribution in [0.25, 0.3) is 0 Å². The Balaban J connectivity index is 2.00. The molecular formula is C14H16N2O2S. The first-order chi connectivity index (χ1) is 9.14. The summed E-state index contributed by atoms with van der Waals surface area (Å²) in [6.07, 6.45) is 2.51. The second-order valence-electron chi connectivity index (χ2n) is 4.70. The van der Waals surface area contributed by atoms with Crippen molar-refractivity contribution in [1.29, 1.82) is 5.26 Å². The first-order valence-corrected chi connectivity index (χ1v) is 7.22. The van der Waals surface area contributed by atoms with Gasteiger partial charge in [-0.05, 0) is 31.4 Å². The molecule has 0 aromatic heterocycles. The zero-order valence-electron chi connectivity index (χ0n) is 10.6. The highest BCUT2D eigenvalue weighted by atomic mass is 32.2. The summed E-state index contributed by atoms with van der Waals surface area (Å²) in [5.41, 5.74) is -0.157. The highest BCUT2D eigenvalue weighted by Crippen LogP contribution is 2.30. The van der Waals surface area contributed by atoms with Crippen molar-refractivity contribution in [3.63, 3.8) is 0 Å². The van der Waals surface area contributed by atoms with Crippen LogP contribution in [-0.2, 0) is 0 Å². The Labute approximate surface area is 116 Å². The van der Waals surface area contributed by atoms with Crippen LogP contribution < -0.4 is 5.32 Å². The van der Waals surface area contributed by atoms with Crippen molar-refractivity contribution in [2.45, 2.75) is 29.8 Å². The molecule has 1 saturated carbocycles. The van der Waals surface area contributed by atoms with Gasteiger partial charge in [0.15, 0.2) is 0 Å². The Morgan fingerprint density at radius 2 is 2.21 bits per heavy atom. The summed E-state index contributed by atoms with van der Waals surface area (Å²) < 4.78 is 0. The fourth-order valence-corrected chi connectivity index (χ4v) is 2.70. The number of nitriles is 1. The maximum atomic E-state index is 12.1. The molecule has 1 amide bonds. The molecule has 0 aliphatic heterocycles. The monoisotopic (exact) mass is 276 g/mol. The Morgan fingerprint density at radius 3 is 2.84 bits per heavy atom. The van der Waals surface area contributed by atoms with E-state index < -0.39 is 5.60 Å². The van der Waals surface area contributed by atoms with Gasteiger partial charge in [-0.3, -0.25) is 4.79 Å². The predicted octanol–water partition coefficient (Wildman–Crippen LogP) is 1.95. The fraction of sp³-hybridized carbons (Fsp3) is 0.429. The van der Waals surface area contributed by atoms with E-state index in [4.69, 9.17) is 5.26 Å². The number of aliphatic hydroxyl groups is 1. The molecule has 0 atom stereocenters. The van der Waals surface area contributed by atoms with Crippen molar-refractivity contribution < 1.29 is 9.90 Å². The number of hydrogen-bond donors (Lipinski definition) is 2. The summed E-state index contributed by atoms with van der Waals surface area (Å²) in [5, 5.41) is 21.3. The topological polar surface area (TPSA) is 73.1 Å². The zero-order chi connectivity index (χ0) is 13.7. The quantitative estimate of drug-likeness (QED) is 0.806. The minimum atomic E-state index is -0.718. The summed E-state index contributed by atoms with van der Waals surface area (Å²) in [7, 11) is 0. The van der Waals surface area contributed by atoms with Crippen molar-refractivity contribution in [2.24, 2.45) is 0 Å². The van der Waals surface area contributed by atoms with E-state index >= 15 is 0 Å². The summed E-state index contributed by atoms with van der Waals surface area (Å²) in [5.74, 6) is 0.121. The van der Waals surface area contributed by atoms with Gasteiger partial charge in [0.25, 0.3) is 5.91 Å². The second-order valence-corrected chi connectivity index (χ2v) is 5.72. The largest absolute Gasteiger partial charge is 0.388 e. The van der Waals surface area contributed by atoms with Gasteiger partial charge in [-0.25, -0.2) is 0 Å². The number of carbonyl (C=O) groups excluding carboxylic acids is 1. The molecule has 0 unspecified atom stereocenters. The second kappa shape index (κ2) is 6.09. The minimum absolute atomic E-state index is 0.193. The molecule has 0 radical (unpaired) electrons. The van der Waals surface area contributed by atoms with Crippen LogP contribution in [-0.4, -0.2) is 28.9 Å². The fourth-order valence-electron chi connectivity index (χ4n) is 1.99. The lowest BCUT2D eigenvalue weighted by Gasteiger charge is -2.36. The number of nitrogens with one attached hydrogen (secondary N) is 1. The molecule has 5 heteroatoms. The third-order valence-corrected chi connectivity index (χ3v) is 4.23. The smallest absolute Gasteiger partial charge is 0.252 e. The number of carbonyl (C=O) groups is 1. The molecule has 19 heavy (non-hydrogen) atoms. The molecule has 1 aromatic rings. The van der Waals surface area contributed by atoms with Crippen LogP contribution in [0.2, 0.25) is 0 Å². The SMILES string of the molecule is N#CCSc1ccccc1C(=O)NCC1(O)CCC1. The Morgan fingerprint density at radius 1 is 1.47 bits per heavy atom.